The zero-order valence-corrected chi connectivity index (χ0v) is 16.2. The molecule has 2 aromatic heterocycles. The van der Waals surface area contributed by atoms with E-state index in [1.807, 2.05) is 0 Å². The van der Waals surface area contributed by atoms with Gasteiger partial charge in [0.2, 0.25) is 11.5 Å². The Kier molecular flexibility index (Phi) is 4.07. The van der Waals surface area contributed by atoms with E-state index in [4.69, 9.17) is 0 Å². The topological polar surface area (TPSA) is 106 Å². The number of H-pyrrole nitrogens is 1. The second-order valence-corrected chi connectivity index (χ2v) is 7.50. The zero-order valence-electron chi connectivity index (χ0n) is 16.2. The fraction of sp³-hybridized carbons (Fsp3) is 0.238. The molecule has 8 nitrogen and oxygen atoms in total. The molecule has 2 N–H and O–H groups in total. The van der Waals surface area contributed by atoms with Crippen molar-refractivity contribution >= 4 is 11.7 Å². The molecule has 0 radical (unpaired) electrons. The molecule has 158 valence electrons. The standard InChI is InChI=1S/C21H16F2N4O4/c1-11-18(12-2-5-17(28)25-9-12)26-16(10-24-11)27-19(29)20(6-7-20)13-3-4-14-15(8-13)31-21(22,23)30-14/h2-5,8-10H,6-7H2,1H3,(H,25,28)(H,26,27,29). The van der Waals surface area contributed by atoms with E-state index in [9.17, 15) is 18.4 Å². The molecule has 1 amide bonds. The summed E-state index contributed by atoms with van der Waals surface area (Å²) < 4.78 is 35.5. The molecule has 10 heteroatoms. The van der Waals surface area contributed by atoms with Crippen LogP contribution < -0.4 is 20.3 Å². The first-order valence-electron chi connectivity index (χ1n) is 9.50. The summed E-state index contributed by atoms with van der Waals surface area (Å²) in [5.41, 5.74) is 1.26. The number of rotatable bonds is 4. The molecule has 1 saturated carbocycles. The number of pyridine rings is 1. The van der Waals surface area contributed by atoms with Crippen LogP contribution in [-0.4, -0.2) is 27.2 Å². The minimum atomic E-state index is -3.71. The van der Waals surface area contributed by atoms with E-state index in [2.05, 4.69) is 29.7 Å². The molecule has 0 saturated heterocycles. The van der Waals surface area contributed by atoms with Crippen LogP contribution in [0.3, 0.4) is 0 Å². The third-order valence-corrected chi connectivity index (χ3v) is 5.39. The van der Waals surface area contributed by atoms with Gasteiger partial charge < -0.3 is 19.8 Å². The average Bonchev–Trinajstić information content (AvgIpc) is 3.47. The van der Waals surface area contributed by atoms with Crippen molar-refractivity contribution in [2.24, 2.45) is 0 Å². The predicted octanol–water partition coefficient (Wildman–Crippen LogP) is 3.13. The molecule has 1 fully saturated rings. The van der Waals surface area contributed by atoms with Gasteiger partial charge in [-0.15, -0.1) is 8.78 Å². The van der Waals surface area contributed by atoms with Crippen molar-refractivity contribution in [3.05, 3.63) is 64.3 Å². The number of aryl methyl sites for hydroxylation is 1. The summed E-state index contributed by atoms with van der Waals surface area (Å²) in [7, 11) is 0. The fourth-order valence-electron chi connectivity index (χ4n) is 3.60. The average molecular weight is 426 g/mol. The number of anilines is 1. The lowest BCUT2D eigenvalue weighted by atomic mass is 9.94. The SMILES string of the molecule is Cc1ncc(NC(=O)C2(c3ccc4c(c3)OC(F)(F)O4)CC2)nc1-c1ccc(=O)[nH]c1. The van der Waals surface area contributed by atoms with Gasteiger partial charge in [0, 0.05) is 17.8 Å². The molecule has 1 aliphatic heterocycles. The minimum Gasteiger partial charge on any atom is -0.395 e. The Labute approximate surface area is 174 Å². The summed E-state index contributed by atoms with van der Waals surface area (Å²) in [4.78, 5) is 35.7. The number of carbonyl (C=O) groups is 1. The number of ether oxygens (including phenoxy) is 2. The summed E-state index contributed by atoms with van der Waals surface area (Å²) in [6.45, 7) is 1.77. The maximum absolute atomic E-state index is 13.3. The van der Waals surface area contributed by atoms with Crippen molar-refractivity contribution in [1.82, 2.24) is 15.0 Å². The Morgan fingerprint density at radius 2 is 1.94 bits per heavy atom. The highest BCUT2D eigenvalue weighted by Gasteiger charge is 2.53. The first kappa shape index (κ1) is 19.2. The summed E-state index contributed by atoms with van der Waals surface area (Å²) >= 11 is 0. The maximum Gasteiger partial charge on any atom is 0.586 e. The summed E-state index contributed by atoms with van der Waals surface area (Å²) in [5, 5.41) is 2.77. The number of benzene rings is 1. The molecule has 0 spiro atoms. The normalized spacial score (nSPS) is 17.3. The van der Waals surface area contributed by atoms with Gasteiger partial charge in [-0.2, -0.15) is 0 Å². The van der Waals surface area contributed by atoms with Crippen LogP contribution in [0.15, 0.2) is 47.5 Å². The van der Waals surface area contributed by atoms with E-state index < -0.39 is 11.7 Å². The number of fused-ring (bicyclic) bond motifs is 1. The predicted molar refractivity (Wildman–Crippen MR) is 105 cm³/mol. The van der Waals surface area contributed by atoms with Crippen LogP contribution in [-0.2, 0) is 10.2 Å². The lowest BCUT2D eigenvalue weighted by molar-refractivity contribution is -0.286. The lowest BCUT2D eigenvalue weighted by Crippen LogP contribution is -2.28. The van der Waals surface area contributed by atoms with Crippen molar-refractivity contribution in [3.8, 4) is 22.8 Å². The molecule has 1 aliphatic carbocycles. The van der Waals surface area contributed by atoms with E-state index >= 15 is 0 Å². The van der Waals surface area contributed by atoms with Crippen molar-refractivity contribution < 1.29 is 23.0 Å². The van der Waals surface area contributed by atoms with Crippen LogP contribution in [0.2, 0.25) is 0 Å². The number of alkyl halides is 2. The first-order valence-corrected chi connectivity index (χ1v) is 9.50. The quantitative estimate of drug-likeness (QED) is 0.664. The number of halogens is 2. The van der Waals surface area contributed by atoms with Crippen LogP contribution in [0.1, 0.15) is 24.1 Å². The largest absolute Gasteiger partial charge is 0.586 e. The third-order valence-electron chi connectivity index (χ3n) is 5.39. The van der Waals surface area contributed by atoms with Crippen LogP contribution in [0.4, 0.5) is 14.6 Å². The lowest BCUT2D eigenvalue weighted by Gasteiger charge is -2.16. The Hall–Kier alpha value is -3.82. The second-order valence-electron chi connectivity index (χ2n) is 7.50. The third kappa shape index (κ3) is 3.39. The van der Waals surface area contributed by atoms with E-state index in [0.717, 1.165) is 0 Å². The molecule has 0 bridgehead atoms. The van der Waals surface area contributed by atoms with Gasteiger partial charge in [-0.3, -0.25) is 14.6 Å². The highest BCUT2D eigenvalue weighted by atomic mass is 19.3. The molecular formula is C21H16F2N4O4. The number of aromatic amines is 1. The number of carbonyl (C=O) groups excluding carboxylic acids is 1. The smallest absolute Gasteiger partial charge is 0.395 e. The van der Waals surface area contributed by atoms with Gasteiger partial charge in [0.25, 0.3) is 0 Å². The van der Waals surface area contributed by atoms with Gasteiger partial charge >= 0.3 is 6.29 Å². The van der Waals surface area contributed by atoms with Crippen molar-refractivity contribution in [2.45, 2.75) is 31.5 Å². The van der Waals surface area contributed by atoms with Crippen molar-refractivity contribution in [2.75, 3.05) is 5.32 Å². The number of hydrogen-bond acceptors (Lipinski definition) is 6. The Morgan fingerprint density at radius 3 is 2.65 bits per heavy atom. The number of nitrogens with zero attached hydrogens (tertiary/aromatic N) is 2. The number of hydrogen-bond donors (Lipinski definition) is 2. The van der Waals surface area contributed by atoms with E-state index in [1.54, 1.807) is 19.1 Å². The number of aromatic nitrogens is 3. The maximum atomic E-state index is 13.3. The van der Waals surface area contributed by atoms with E-state index in [1.165, 1.54) is 30.6 Å². The molecule has 0 unspecified atom stereocenters. The fourth-order valence-corrected chi connectivity index (χ4v) is 3.60. The molecule has 2 aliphatic rings. The second kappa shape index (κ2) is 6.59. The van der Waals surface area contributed by atoms with E-state index in [0.29, 0.717) is 35.4 Å². The van der Waals surface area contributed by atoms with Crippen LogP contribution in [0.25, 0.3) is 11.3 Å². The van der Waals surface area contributed by atoms with Gasteiger partial charge in [0.1, 0.15) is 0 Å². The highest BCUT2D eigenvalue weighted by Crippen LogP contribution is 2.52. The Morgan fingerprint density at radius 1 is 1.16 bits per heavy atom. The molecule has 3 aromatic rings. The molecule has 31 heavy (non-hydrogen) atoms. The Bertz CT molecular complexity index is 1250. The van der Waals surface area contributed by atoms with Crippen LogP contribution >= 0.6 is 0 Å². The minimum absolute atomic E-state index is 0.0695. The van der Waals surface area contributed by atoms with Gasteiger partial charge in [-0.25, -0.2) is 4.98 Å². The Balaban J connectivity index is 1.40. The number of amides is 1. The first-order chi connectivity index (χ1) is 14.8. The highest BCUT2D eigenvalue weighted by molar-refractivity contribution is 6.01. The van der Waals surface area contributed by atoms with Crippen LogP contribution in [0, 0.1) is 6.92 Å². The number of nitrogens with one attached hydrogen (secondary N) is 2. The molecule has 1 aromatic carbocycles. The summed E-state index contributed by atoms with van der Waals surface area (Å²) in [6.07, 6.45) is 0.367. The molecule has 0 atom stereocenters. The summed E-state index contributed by atoms with van der Waals surface area (Å²) in [6, 6.07) is 7.37. The molecule has 5 rings (SSSR count). The van der Waals surface area contributed by atoms with Crippen LogP contribution in [0.5, 0.6) is 11.5 Å². The van der Waals surface area contributed by atoms with Crippen molar-refractivity contribution in [1.29, 1.82) is 0 Å². The zero-order chi connectivity index (χ0) is 21.8. The summed E-state index contributed by atoms with van der Waals surface area (Å²) in [5.74, 6) is -0.240. The van der Waals surface area contributed by atoms with Gasteiger partial charge in [-0.1, -0.05) is 6.07 Å². The van der Waals surface area contributed by atoms with Gasteiger partial charge in [0.05, 0.1) is 23.0 Å². The van der Waals surface area contributed by atoms with E-state index in [-0.39, 0.29) is 28.8 Å². The van der Waals surface area contributed by atoms with Gasteiger partial charge in [-0.05, 0) is 43.5 Å². The van der Waals surface area contributed by atoms with Gasteiger partial charge in [0.15, 0.2) is 17.3 Å². The molecule has 3 heterocycles. The molecular weight excluding hydrogens is 410 g/mol. The van der Waals surface area contributed by atoms with Crippen molar-refractivity contribution in [3.63, 3.8) is 0 Å². The monoisotopic (exact) mass is 426 g/mol.